The maximum Gasteiger partial charge on any atom is 0.407 e. The fraction of sp³-hybridized carbons (Fsp3) is 0.517. The zero-order valence-electron chi connectivity index (χ0n) is 22.3. The summed E-state index contributed by atoms with van der Waals surface area (Å²) in [6, 6.07) is 14.8. The molecule has 0 aromatic heterocycles. The number of rotatable bonds is 6. The van der Waals surface area contributed by atoms with E-state index in [1.54, 1.807) is 12.1 Å². The van der Waals surface area contributed by atoms with E-state index in [1.165, 1.54) is 17.0 Å². The molecule has 2 saturated heterocycles. The Hall–Kier alpha value is -3.13. The molecule has 0 aliphatic carbocycles. The Balaban J connectivity index is 1.31. The first kappa shape index (κ1) is 26.9. The molecule has 200 valence electrons. The monoisotopic (exact) mass is 510 g/mol. The third-order valence-electron chi connectivity index (χ3n) is 7.83. The van der Waals surface area contributed by atoms with Crippen LogP contribution in [0.2, 0.25) is 0 Å². The van der Waals surface area contributed by atoms with Crippen molar-refractivity contribution in [1.29, 1.82) is 0 Å². The van der Waals surface area contributed by atoms with Crippen LogP contribution in [0.5, 0.6) is 0 Å². The SMILES string of the molecule is C[C@@H]1CN(Cc2ccc(C(C)(C)C(=O)N3CCC(Nc4ccc(F)cc4)CC3)cc2)C[C@H](C)N1C(=O)O. The number of hydrogen-bond donors (Lipinski definition) is 2. The van der Waals surface area contributed by atoms with E-state index in [1.807, 2.05) is 32.6 Å². The highest BCUT2D eigenvalue weighted by atomic mass is 19.1. The largest absolute Gasteiger partial charge is 0.465 e. The number of nitrogens with zero attached hydrogens (tertiary/aromatic N) is 3. The maximum atomic E-state index is 13.5. The summed E-state index contributed by atoms with van der Waals surface area (Å²) in [6.45, 7) is 11.4. The van der Waals surface area contributed by atoms with Crippen molar-refractivity contribution in [3.63, 3.8) is 0 Å². The summed E-state index contributed by atoms with van der Waals surface area (Å²) < 4.78 is 13.2. The van der Waals surface area contributed by atoms with Crippen LogP contribution in [0, 0.1) is 5.82 Å². The van der Waals surface area contributed by atoms with Crippen molar-refractivity contribution in [3.05, 3.63) is 65.5 Å². The highest BCUT2D eigenvalue weighted by Crippen LogP contribution is 2.29. The Morgan fingerprint density at radius 1 is 0.973 bits per heavy atom. The number of likely N-dealkylation sites (tertiary alicyclic amines) is 1. The summed E-state index contributed by atoms with van der Waals surface area (Å²) in [6.07, 6.45) is 0.845. The molecule has 2 heterocycles. The molecule has 2 amide bonds. The van der Waals surface area contributed by atoms with Crippen molar-refractivity contribution in [2.24, 2.45) is 0 Å². The second-order valence-corrected chi connectivity index (χ2v) is 11.1. The molecule has 4 rings (SSSR count). The minimum atomic E-state index is -0.857. The van der Waals surface area contributed by atoms with E-state index >= 15 is 0 Å². The quantitative estimate of drug-likeness (QED) is 0.585. The number of halogens is 1. The Bertz CT molecular complexity index is 1070. The molecule has 2 aliphatic rings. The van der Waals surface area contributed by atoms with Crippen molar-refractivity contribution in [1.82, 2.24) is 14.7 Å². The van der Waals surface area contributed by atoms with E-state index < -0.39 is 11.5 Å². The molecule has 2 atom stereocenters. The average Bonchev–Trinajstić information content (AvgIpc) is 2.85. The molecule has 2 fully saturated rings. The summed E-state index contributed by atoms with van der Waals surface area (Å²) in [5, 5.41) is 12.9. The predicted molar refractivity (Wildman–Crippen MR) is 143 cm³/mol. The van der Waals surface area contributed by atoms with Crippen molar-refractivity contribution >= 4 is 17.7 Å². The van der Waals surface area contributed by atoms with Gasteiger partial charge in [0.05, 0.1) is 5.41 Å². The summed E-state index contributed by atoms with van der Waals surface area (Å²) in [4.78, 5) is 30.8. The smallest absolute Gasteiger partial charge is 0.407 e. The van der Waals surface area contributed by atoms with Crippen LogP contribution < -0.4 is 5.32 Å². The van der Waals surface area contributed by atoms with Gasteiger partial charge in [0.15, 0.2) is 0 Å². The van der Waals surface area contributed by atoms with E-state index in [4.69, 9.17) is 0 Å². The number of piperidine rings is 1. The van der Waals surface area contributed by atoms with Gasteiger partial charge in [-0.05, 0) is 75.9 Å². The van der Waals surface area contributed by atoms with E-state index in [0.717, 1.165) is 36.2 Å². The molecule has 2 aromatic carbocycles. The third kappa shape index (κ3) is 6.24. The number of carbonyl (C=O) groups is 2. The lowest BCUT2D eigenvalue weighted by molar-refractivity contribution is -0.137. The highest BCUT2D eigenvalue weighted by Gasteiger charge is 2.36. The molecule has 8 heteroatoms. The number of amides is 2. The van der Waals surface area contributed by atoms with E-state index in [2.05, 4.69) is 34.5 Å². The van der Waals surface area contributed by atoms with Crippen molar-refractivity contribution in [2.75, 3.05) is 31.5 Å². The molecule has 2 aromatic rings. The molecule has 0 bridgehead atoms. The van der Waals surface area contributed by atoms with Crippen LogP contribution in [0.15, 0.2) is 48.5 Å². The number of benzene rings is 2. The van der Waals surface area contributed by atoms with Crippen molar-refractivity contribution < 1.29 is 19.1 Å². The summed E-state index contributed by atoms with van der Waals surface area (Å²) in [7, 11) is 0. The highest BCUT2D eigenvalue weighted by molar-refractivity contribution is 5.87. The van der Waals surface area contributed by atoms with Crippen LogP contribution in [-0.2, 0) is 16.8 Å². The molecular weight excluding hydrogens is 471 g/mol. The number of hydrogen-bond acceptors (Lipinski definition) is 4. The summed E-state index contributed by atoms with van der Waals surface area (Å²) in [5.41, 5.74) is 2.42. The third-order valence-corrected chi connectivity index (χ3v) is 7.83. The molecule has 37 heavy (non-hydrogen) atoms. The zero-order chi connectivity index (χ0) is 26.7. The van der Waals surface area contributed by atoms with Gasteiger partial charge >= 0.3 is 6.09 Å². The van der Waals surface area contributed by atoms with Gasteiger partial charge in [-0.2, -0.15) is 0 Å². The van der Waals surface area contributed by atoms with Crippen LogP contribution in [0.1, 0.15) is 51.7 Å². The van der Waals surface area contributed by atoms with E-state index in [9.17, 15) is 19.1 Å². The zero-order valence-corrected chi connectivity index (χ0v) is 22.3. The van der Waals surface area contributed by atoms with Gasteiger partial charge in [-0.1, -0.05) is 24.3 Å². The van der Waals surface area contributed by atoms with E-state index in [-0.39, 0.29) is 29.8 Å². The number of anilines is 1. The van der Waals surface area contributed by atoms with Gasteiger partial charge in [0.2, 0.25) is 5.91 Å². The van der Waals surface area contributed by atoms with Crippen LogP contribution in [0.4, 0.5) is 14.9 Å². The minimum absolute atomic E-state index is 0.0490. The molecule has 2 aliphatic heterocycles. The molecule has 0 spiro atoms. The second-order valence-electron chi connectivity index (χ2n) is 11.1. The van der Waals surface area contributed by atoms with Gasteiger partial charge in [0, 0.05) is 56.5 Å². The fourth-order valence-corrected chi connectivity index (χ4v) is 5.75. The van der Waals surface area contributed by atoms with Gasteiger partial charge in [0.25, 0.3) is 0 Å². The Morgan fingerprint density at radius 3 is 2.08 bits per heavy atom. The van der Waals surface area contributed by atoms with Gasteiger partial charge < -0.3 is 20.2 Å². The number of piperazine rings is 1. The normalized spacial score (nSPS) is 21.6. The Morgan fingerprint density at radius 2 is 1.54 bits per heavy atom. The molecule has 2 N–H and O–H groups in total. The lowest BCUT2D eigenvalue weighted by Crippen LogP contribution is -2.57. The van der Waals surface area contributed by atoms with Crippen LogP contribution in [-0.4, -0.2) is 76.1 Å². The van der Waals surface area contributed by atoms with Crippen LogP contribution in [0.25, 0.3) is 0 Å². The minimum Gasteiger partial charge on any atom is -0.465 e. The van der Waals surface area contributed by atoms with Gasteiger partial charge in [0.1, 0.15) is 5.82 Å². The first-order chi connectivity index (χ1) is 17.5. The van der Waals surface area contributed by atoms with Gasteiger partial charge in [-0.15, -0.1) is 0 Å². The lowest BCUT2D eigenvalue weighted by Gasteiger charge is -2.43. The lowest BCUT2D eigenvalue weighted by atomic mass is 9.82. The number of nitrogens with one attached hydrogen (secondary N) is 1. The first-order valence-corrected chi connectivity index (χ1v) is 13.2. The average molecular weight is 511 g/mol. The number of carbonyl (C=O) groups excluding carboxylic acids is 1. The molecule has 0 unspecified atom stereocenters. The standard InChI is InChI=1S/C29H39FN4O3/c1-20-17-32(18-21(2)34(20)28(36)37)19-22-5-7-23(8-6-22)29(3,4)27(35)33-15-13-26(14-16-33)31-25-11-9-24(30)10-12-25/h5-12,20-21,26,31H,13-19H2,1-4H3,(H,36,37)/t20-,21+. The molecule has 0 saturated carbocycles. The fourth-order valence-electron chi connectivity index (χ4n) is 5.75. The maximum absolute atomic E-state index is 13.5. The predicted octanol–water partition coefficient (Wildman–Crippen LogP) is 4.78. The van der Waals surface area contributed by atoms with Crippen molar-refractivity contribution in [3.8, 4) is 0 Å². The first-order valence-electron chi connectivity index (χ1n) is 13.2. The van der Waals surface area contributed by atoms with E-state index in [0.29, 0.717) is 26.2 Å². The topological polar surface area (TPSA) is 76.1 Å². The second kappa shape index (κ2) is 11.1. The van der Waals surface area contributed by atoms with Gasteiger partial charge in [-0.25, -0.2) is 9.18 Å². The van der Waals surface area contributed by atoms with Crippen LogP contribution in [0.3, 0.4) is 0 Å². The van der Waals surface area contributed by atoms with Gasteiger partial charge in [-0.3, -0.25) is 9.69 Å². The van der Waals surface area contributed by atoms with Crippen molar-refractivity contribution in [2.45, 2.75) is 70.6 Å². The number of carboxylic acid groups (broad SMARTS) is 1. The van der Waals surface area contributed by atoms with Crippen LogP contribution >= 0.6 is 0 Å². The molecule has 0 radical (unpaired) electrons. The molecular formula is C29H39FN4O3. The summed E-state index contributed by atoms with van der Waals surface area (Å²) >= 11 is 0. The molecule has 7 nitrogen and oxygen atoms in total. The Kier molecular flexibility index (Phi) is 8.07. The summed E-state index contributed by atoms with van der Waals surface area (Å²) in [5.74, 6) is -0.114. The Labute approximate surface area is 219 Å².